The molecule has 1 amide bonds. The predicted molar refractivity (Wildman–Crippen MR) is 72.0 cm³/mol. The molecule has 1 saturated carbocycles. The SMILES string of the molecule is O=C1Nc2c(Br)cc(F)cc2C1CC1CCCC1. The molecule has 2 nitrogen and oxygen atoms in total. The van der Waals surface area contributed by atoms with Crippen molar-refractivity contribution in [2.24, 2.45) is 5.92 Å². The molecule has 0 saturated heterocycles. The maximum atomic E-state index is 13.5. The summed E-state index contributed by atoms with van der Waals surface area (Å²) in [5.41, 5.74) is 1.57. The molecule has 3 rings (SSSR count). The normalized spacial score (nSPS) is 23.2. The molecule has 0 bridgehead atoms. The van der Waals surface area contributed by atoms with Crippen LogP contribution < -0.4 is 5.32 Å². The van der Waals surface area contributed by atoms with E-state index in [9.17, 15) is 9.18 Å². The number of nitrogens with one attached hydrogen (secondary N) is 1. The highest BCUT2D eigenvalue weighted by molar-refractivity contribution is 9.10. The van der Waals surface area contributed by atoms with Crippen LogP contribution in [0.5, 0.6) is 0 Å². The van der Waals surface area contributed by atoms with Gasteiger partial charge in [0.1, 0.15) is 5.82 Å². The molecule has 1 N–H and O–H groups in total. The third kappa shape index (κ3) is 2.07. The molecular weight excluding hydrogens is 297 g/mol. The summed E-state index contributed by atoms with van der Waals surface area (Å²) >= 11 is 3.31. The Balaban J connectivity index is 1.90. The highest BCUT2D eigenvalue weighted by atomic mass is 79.9. The fourth-order valence-corrected chi connectivity index (χ4v) is 3.71. The first-order valence-electron chi connectivity index (χ1n) is 6.45. The molecule has 1 heterocycles. The molecule has 1 aromatic carbocycles. The van der Waals surface area contributed by atoms with Crippen LogP contribution in [0.3, 0.4) is 0 Å². The Bertz CT molecular complexity index is 497. The van der Waals surface area contributed by atoms with E-state index in [1.54, 1.807) is 0 Å². The molecule has 18 heavy (non-hydrogen) atoms. The number of carbonyl (C=O) groups excluding carboxylic acids is 1. The second-order valence-corrected chi connectivity index (χ2v) is 6.13. The number of fused-ring (bicyclic) bond motifs is 1. The van der Waals surface area contributed by atoms with E-state index in [-0.39, 0.29) is 17.6 Å². The van der Waals surface area contributed by atoms with Gasteiger partial charge in [-0.3, -0.25) is 4.79 Å². The van der Waals surface area contributed by atoms with Crippen LogP contribution in [0, 0.1) is 11.7 Å². The number of hydrogen-bond donors (Lipinski definition) is 1. The van der Waals surface area contributed by atoms with E-state index in [1.807, 2.05) is 0 Å². The summed E-state index contributed by atoms with van der Waals surface area (Å²) in [4.78, 5) is 12.0. The first kappa shape index (κ1) is 12.2. The lowest BCUT2D eigenvalue weighted by molar-refractivity contribution is -0.117. The van der Waals surface area contributed by atoms with Crippen LogP contribution in [0.4, 0.5) is 10.1 Å². The van der Waals surface area contributed by atoms with E-state index < -0.39 is 0 Å². The molecule has 2 aliphatic rings. The largest absolute Gasteiger partial charge is 0.324 e. The lowest BCUT2D eigenvalue weighted by Crippen LogP contribution is -2.14. The van der Waals surface area contributed by atoms with Gasteiger partial charge in [0.15, 0.2) is 0 Å². The van der Waals surface area contributed by atoms with E-state index >= 15 is 0 Å². The van der Waals surface area contributed by atoms with Gasteiger partial charge in [-0.25, -0.2) is 4.39 Å². The third-order valence-electron chi connectivity index (χ3n) is 4.07. The van der Waals surface area contributed by atoms with Gasteiger partial charge in [0.2, 0.25) is 5.91 Å². The first-order valence-corrected chi connectivity index (χ1v) is 7.24. The average Bonchev–Trinajstić information content (AvgIpc) is 2.91. The fraction of sp³-hybridized carbons (Fsp3) is 0.500. The van der Waals surface area contributed by atoms with Crippen LogP contribution in [0.2, 0.25) is 0 Å². The number of benzene rings is 1. The van der Waals surface area contributed by atoms with E-state index in [0.717, 1.165) is 17.7 Å². The van der Waals surface area contributed by atoms with Gasteiger partial charge in [0.25, 0.3) is 0 Å². The average molecular weight is 312 g/mol. The summed E-state index contributed by atoms with van der Waals surface area (Å²) in [5, 5.41) is 2.86. The van der Waals surface area contributed by atoms with Crippen molar-refractivity contribution in [3.63, 3.8) is 0 Å². The molecule has 1 atom stereocenters. The Kier molecular flexibility index (Phi) is 3.14. The number of hydrogen-bond acceptors (Lipinski definition) is 1. The lowest BCUT2D eigenvalue weighted by Gasteiger charge is -2.14. The van der Waals surface area contributed by atoms with Gasteiger partial charge in [0.05, 0.1) is 11.6 Å². The molecule has 1 aliphatic heterocycles. The van der Waals surface area contributed by atoms with Crippen LogP contribution in [0.1, 0.15) is 43.6 Å². The Labute approximate surface area is 114 Å². The van der Waals surface area contributed by atoms with Gasteiger partial charge in [-0.15, -0.1) is 0 Å². The minimum atomic E-state index is -0.284. The van der Waals surface area contributed by atoms with Gasteiger partial charge < -0.3 is 5.32 Å². The second-order valence-electron chi connectivity index (χ2n) is 5.28. The highest BCUT2D eigenvalue weighted by Crippen LogP contribution is 2.43. The minimum absolute atomic E-state index is 0.0169. The molecule has 1 aromatic rings. The number of carbonyl (C=O) groups is 1. The number of amides is 1. The zero-order valence-corrected chi connectivity index (χ0v) is 11.6. The molecule has 0 aromatic heterocycles. The van der Waals surface area contributed by atoms with Gasteiger partial charge in [0, 0.05) is 4.47 Å². The van der Waals surface area contributed by atoms with Crippen molar-refractivity contribution in [1.29, 1.82) is 0 Å². The summed E-state index contributed by atoms with van der Waals surface area (Å²) in [5.74, 6) is 0.181. The number of rotatable bonds is 2. The van der Waals surface area contributed by atoms with Crippen molar-refractivity contribution < 1.29 is 9.18 Å². The van der Waals surface area contributed by atoms with E-state index in [0.29, 0.717) is 10.4 Å². The molecular formula is C14H15BrFNO. The predicted octanol–water partition coefficient (Wildman–Crippen LogP) is 4.20. The quantitative estimate of drug-likeness (QED) is 0.871. The number of halogens is 2. The number of anilines is 1. The van der Waals surface area contributed by atoms with Crippen molar-refractivity contribution in [3.05, 3.63) is 28.0 Å². The van der Waals surface area contributed by atoms with Crippen LogP contribution in [0.25, 0.3) is 0 Å². The summed E-state index contributed by atoms with van der Waals surface area (Å²) in [7, 11) is 0. The summed E-state index contributed by atoms with van der Waals surface area (Å²) < 4.78 is 14.1. The van der Waals surface area contributed by atoms with Crippen LogP contribution in [0.15, 0.2) is 16.6 Å². The third-order valence-corrected chi connectivity index (χ3v) is 4.69. The second kappa shape index (κ2) is 4.65. The van der Waals surface area contributed by atoms with Gasteiger partial charge in [-0.2, -0.15) is 0 Å². The van der Waals surface area contributed by atoms with Gasteiger partial charge in [-0.1, -0.05) is 25.7 Å². The smallest absolute Gasteiger partial charge is 0.232 e. The monoisotopic (exact) mass is 311 g/mol. The van der Waals surface area contributed by atoms with Crippen molar-refractivity contribution in [3.8, 4) is 0 Å². The molecule has 4 heteroatoms. The van der Waals surface area contributed by atoms with Crippen LogP contribution in [-0.2, 0) is 4.79 Å². The Morgan fingerprint density at radius 1 is 1.33 bits per heavy atom. The molecule has 0 radical (unpaired) electrons. The first-order chi connectivity index (χ1) is 8.65. The fourth-order valence-electron chi connectivity index (χ4n) is 3.17. The van der Waals surface area contributed by atoms with Gasteiger partial charge in [-0.05, 0) is 46.0 Å². The lowest BCUT2D eigenvalue weighted by atomic mass is 9.89. The zero-order valence-electron chi connectivity index (χ0n) is 10.0. The standard InChI is InChI=1S/C14H15BrFNO/c15-12-7-9(16)6-10-11(14(18)17-13(10)12)5-8-3-1-2-4-8/h6-8,11H,1-5H2,(H,17,18). The summed E-state index contributed by atoms with van der Waals surface area (Å²) in [6.45, 7) is 0. The van der Waals surface area contributed by atoms with E-state index in [1.165, 1.54) is 37.8 Å². The Morgan fingerprint density at radius 3 is 2.78 bits per heavy atom. The Hall–Kier alpha value is -0.900. The molecule has 1 fully saturated rings. The van der Waals surface area contributed by atoms with Crippen molar-refractivity contribution in [1.82, 2.24) is 0 Å². The van der Waals surface area contributed by atoms with E-state index in [2.05, 4.69) is 21.2 Å². The maximum Gasteiger partial charge on any atom is 0.232 e. The Morgan fingerprint density at radius 2 is 2.06 bits per heavy atom. The molecule has 1 aliphatic carbocycles. The van der Waals surface area contributed by atoms with Gasteiger partial charge >= 0.3 is 0 Å². The summed E-state index contributed by atoms with van der Waals surface area (Å²) in [6, 6.07) is 2.90. The van der Waals surface area contributed by atoms with Crippen LogP contribution in [-0.4, -0.2) is 5.91 Å². The zero-order chi connectivity index (χ0) is 12.7. The van der Waals surface area contributed by atoms with Crippen molar-refractivity contribution in [2.75, 3.05) is 5.32 Å². The van der Waals surface area contributed by atoms with Crippen molar-refractivity contribution in [2.45, 2.75) is 38.0 Å². The highest BCUT2D eigenvalue weighted by Gasteiger charge is 2.34. The summed E-state index contributed by atoms with van der Waals surface area (Å²) in [6.07, 6.45) is 5.79. The topological polar surface area (TPSA) is 29.1 Å². The minimum Gasteiger partial charge on any atom is -0.324 e. The molecule has 96 valence electrons. The molecule has 0 spiro atoms. The maximum absolute atomic E-state index is 13.5. The van der Waals surface area contributed by atoms with Crippen LogP contribution >= 0.6 is 15.9 Å². The molecule has 1 unspecified atom stereocenters. The van der Waals surface area contributed by atoms with E-state index in [4.69, 9.17) is 0 Å². The van der Waals surface area contributed by atoms with Crippen molar-refractivity contribution >= 4 is 27.5 Å².